The molecule has 0 saturated carbocycles. The highest BCUT2D eigenvalue weighted by atomic mass is 16.5. The fourth-order valence-electron chi connectivity index (χ4n) is 1.31. The van der Waals surface area contributed by atoms with Crippen molar-refractivity contribution in [1.29, 1.82) is 0 Å². The summed E-state index contributed by atoms with van der Waals surface area (Å²) in [5.41, 5.74) is 6.31. The van der Waals surface area contributed by atoms with Gasteiger partial charge in [0.1, 0.15) is 6.04 Å². The number of hydrogen-bond donors (Lipinski definition) is 1. The Bertz CT molecular complexity index is 378. The molecule has 0 aliphatic rings. The van der Waals surface area contributed by atoms with Gasteiger partial charge in [-0.1, -0.05) is 6.07 Å². The molecular formula is C11H15NO4. The monoisotopic (exact) mass is 225 g/mol. The van der Waals surface area contributed by atoms with Crippen LogP contribution >= 0.6 is 0 Å². The normalized spacial score (nSPS) is 11.8. The fourth-order valence-corrected chi connectivity index (χ4v) is 1.31. The number of benzene rings is 1. The number of ether oxygens (including phenoxy) is 3. The quantitative estimate of drug-likeness (QED) is 0.770. The van der Waals surface area contributed by atoms with Gasteiger partial charge in [0, 0.05) is 0 Å². The molecular weight excluding hydrogens is 210 g/mol. The minimum absolute atomic E-state index is 0.493. The van der Waals surface area contributed by atoms with E-state index in [4.69, 9.17) is 15.2 Å². The minimum atomic E-state index is -0.815. The molecule has 0 saturated heterocycles. The lowest BCUT2D eigenvalue weighted by atomic mass is 10.1. The van der Waals surface area contributed by atoms with E-state index >= 15 is 0 Å². The van der Waals surface area contributed by atoms with Crippen molar-refractivity contribution < 1.29 is 19.0 Å². The number of esters is 1. The van der Waals surface area contributed by atoms with Crippen molar-refractivity contribution in [3.05, 3.63) is 23.8 Å². The topological polar surface area (TPSA) is 70.8 Å². The van der Waals surface area contributed by atoms with E-state index in [1.165, 1.54) is 21.3 Å². The Labute approximate surface area is 94.1 Å². The first-order valence-electron chi connectivity index (χ1n) is 4.69. The van der Waals surface area contributed by atoms with E-state index < -0.39 is 12.0 Å². The second-order valence-corrected chi connectivity index (χ2v) is 3.12. The molecule has 16 heavy (non-hydrogen) atoms. The fraction of sp³-hybridized carbons (Fsp3) is 0.364. The average Bonchev–Trinajstić information content (AvgIpc) is 2.35. The van der Waals surface area contributed by atoms with E-state index in [0.717, 1.165) is 0 Å². The molecule has 0 spiro atoms. The molecule has 1 aromatic rings. The van der Waals surface area contributed by atoms with Gasteiger partial charge in [-0.2, -0.15) is 0 Å². The summed E-state index contributed by atoms with van der Waals surface area (Å²) < 4.78 is 14.7. The van der Waals surface area contributed by atoms with Crippen molar-refractivity contribution in [2.45, 2.75) is 6.04 Å². The van der Waals surface area contributed by atoms with Gasteiger partial charge in [0.05, 0.1) is 21.3 Å². The minimum Gasteiger partial charge on any atom is -0.493 e. The van der Waals surface area contributed by atoms with Crippen LogP contribution in [-0.2, 0) is 9.53 Å². The molecule has 1 atom stereocenters. The van der Waals surface area contributed by atoms with Crippen LogP contribution in [0.5, 0.6) is 11.5 Å². The molecule has 0 amide bonds. The smallest absolute Gasteiger partial charge is 0.327 e. The van der Waals surface area contributed by atoms with Crippen LogP contribution in [0.15, 0.2) is 18.2 Å². The molecule has 0 bridgehead atoms. The second-order valence-electron chi connectivity index (χ2n) is 3.12. The van der Waals surface area contributed by atoms with Gasteiger partial charge in [-0.15, -0.1) is 0 Å². The standard InChI is InChI=1S/C11H15NO4/c1-14-8-5-4-7(6-9(8)15-2)10(12)11(13)16-3/h4-6,10H,12H2,1-3H3/t10-/m0/s1. The van der Waals surface area contributed by atoms with Gasteiger partial charge in [-0.25, -0.2) is 0 Å². The van der Waals surface area contributed by atoms with Crippen LogP contribution in [-0.4, -0.2) is 27.3 Å². The Morgan fingerprint density at radius 1 is 1.19 bits per heavy atom. The maximum Gasteiger partial charge on any atom is 0.327 e. The third-order valence-electron chi connectivity index (χ3n) is 2.22. The Morgan fingerprint density at radius 3 is 2.31 bits per heavy atom. The molecule has 5 heteroatoms. The van der Waals surface area contributed by atoms with Gasteiger partial charge in [-0.3, -0.25) is 4.79 Å². The predicted octanol–water partition coefficient (Wildman–Crippen LogP) is 0.877. The van der Waals surface area contributed by atoms with Crippen molar-refractivity contribution in [2.24, 2.45) is 5.73 Å². The van der Waals surface area contributed by atoms with Gasteiger partial charge >= 0.3 is 5.97 Å². The van der Waals surface area contributed by atoms with Gasteiger partial charge in [0.25, 0.3) is 0 Å². The maximum absolute atomic E-state index is 11.2. The third kappa shape index (κ3) is 2.43. The highest BCUT2D eigenvalue weighted by Crippen LogP contribution is 2.29. The number of carbonyl (C=O) groups is 1. The zero-order valence-corrected chi connectivity index (χ0v) is 9.52. The molecule has 88 valence electrons. The van der Waals surface area contributed by atoms with E-state index in [9.17, 15) is 4.79 Å². The summed E-state index contributed by atoms with van der Waals surface area (Å²) in [4.78, 5) is 11.2. The third-order valence-corrected chi connectivity index (χ3v) is 2.22. The van der Waals surface area contributed by atoms with Crippen LogP contribution in [0.3, 0.4) is 0 Å². The van der Waals surface area contributed by atoms with Crippen molar-refractivity contribution in [3.63, 3.8) is 0 Å². The van der Waals surface area contributed by atoms with Crippen LogP contribution in [0.2, 0.25) is 0 Å². The van der Waals surface area contributed by atoms with Gasteiger partial charge in [0.2, 0.25) is 0 Å². The summed E-state index contributed by atoms with van der Waals surface area (Å²) in [6.07, 6.45) is 0. The number of methoxy groups -OCH3 is 3. The lowest BCUT2D eigenvalue weighted by Crippen LogP contribution is -2.22. The van der Waals surface area contributed by atoms with Crippen LogP contribution < -0.4 is 15.2 Å². The molecule has 1 aromatic carbocycles. The molecule has 0 aliphatic carbocycles. The Balaban J connectivity index is 3.03. The molecule has 0 fully saturated rings. The molecule has 1 rings (SSSR count). The predicted molar refractivity (Wildman–Crippen MR) is 58.5 cm³/mol. The second kappa shape index (κ2) is 5.37. The largest absolute Gasteiger partial charge is 0.493 e. The molecule has 0 aromatic heterocycles. The molecule has 2 N–H and O–H groups in total. The first-order valence-corrected chi connectivity index (χ1v) is 4.69. The van der Waals surface area contributed by atoms with Crippen molar-refractivity contribution in [1.82, 2.24) is 0 Å². The zero-order chi connectivity index (χ0) is 12.1. The summed E-state index contributed by atoms with van der Waals surface area (Å²) in [6.45, 7) is 0. The van der Waals surface area contributed by atoms with Crippen molar-refractivity contribution >= 4 is 5.97 Å². The molecule has 0 radical (unpaired) electrons. The van der Waals surface area contributed by atoms with Crippen LogP contribution in [0.25, 0.3) is 0 Å². The van der Waals surface area contributed by atoms with Crippen LogP contribution in [0.1, 0.15) is 11.6 Å². The lowest BCUT2D eigenvalue weighted by Gasteiger charge is -2.13. The molecule has 0 unspecified atom stereocenters. The summed E-state index contributed by atoms with van der Waals surface area (Å²) in [7, 11) is 4.35. The average molecular weight is 225 g/mol. The van der Waals surface area contributed by atoms with Gasteiger partial charge in [-0.05, 0) is 17.7 Å². The first-order chi connectivity index (χ1) is 7.63. The zero-order valence-electron chi connectivity index (χ0n) is 9.52. The Kier molecular flexibility index (Phi) is 4.13. The van der Waals surface area contributed by atoms with E-state index in [-0.39, 0.29) is 0 Å². The Morgan fingerprint density at radius 2 is 1.81 bits per heavy atom. The number of rotatable bonds is 4. The Hall–Kier alpha value is -1.75. The van der Waals surface area contributed by atoms with Gasteiger partial charge < -0.3 is 19.9 Å². The van der Waals surface area contributed by atoms with Crippen molar-refractivity contribution in [3.8, 4) is 11.5 Å². The first kappa shape index (κ1) is 12.3. The van der Waals surface area contributed by atoms with E-state index in [1.54, 1.807) is 18.2 Å². The van der Waals surface area contributed by atoms with E-state index in [0.29, 0.717) is 17.1 Å². The maximum atomic E-state index is 11.2. The van der Waals surface area contributed by atoms with Gasteiger partial charge in [0.15, 0.2) is 11.5 Å². The van der Waals surface area contributed by atoms with E-state index in [1.807, 2.05) is 0 Å². The van der Waals surface area contributed by atoms with Crippen LogP contribution in [0.4, 0.5) is 0 Å². The lowest BCUT2D eigenvalue weighted by molar-refractivity contribution is -0.142. The summed E-state index contributed by atoms with van der Waals surface area (Å²) >= 11 is 0. The van der Waals surface area contributed by atoms with E-state index in [2.05, 4.69) is 4.74 Å². The highest BCUT2D eigenvalue weighted by Gasteiger charge is 2.17. The molecule has 0 heterocycles. The van der Waals surface area contributed by atoms with Crippen molar-refractivity contribution in [2.75, 3.05) is 21.3 Å². The number of carbonyl (C=O) groups excluding carboxylic acids is 1. The summed E-state index contributed by atoms with van der Waals surface area (Å²) in [5, 5.41) is 0. The molecule has 0 aliphatic heterocycles. The number of hydrogen-bond acceptors (Lipinski definition) is 5. The highest BCUT2D eigenvalue weighted by molar-refractivity contribution is 5.77. The summed E-state index contributed by atoms with van der Waals surface area (Å²) in [5.74, 6) is 0.620. The molecule has 5 nitrogen and oxygen atoms in total. The summed E-state index contributed by atoms with van der Waals surface area (Å²) in [6, 6.07) is 4.23. The number of nitrogens with two attached hydrogens (primary N) is 1. The van der Waals surface area contributed by atoms with Crippen LogP contribution in [0, 0.1) is 0 Å². The SMILES string of the molecule is COC(=O)[C@@H](N)c1ccc(OC)c(OC)c1.